The predicted molar refractivity (Wildman–Crippen MR) is 90.3 cm³/mol. The highest BCUT2D eigenvalue weighted by molar-refractivity contribution is 5.79. The molecule has 1 aromatic heterocycles. The zero-order chi connectivity index (χ0) is 16.5. The number of aromatic nitrogens is 1. The van der Waals surface area contributed by atoms with Gasteiger partial charge in [-0.3, -0.25) is 4.99 Å². The third-order valence-electron chi connectivity index (χ3n) is 3.26. The second-order valence-corrected chi connectivity index (χ2v) is 5.18. The summed E-state index contributed by atoms with van der Waals surface area (Å²) in [6.45, 7) is 4.20. The largest absolute Gasteiger partial charge is 0.489 e. The van der Waals surface area contributed by atoms with Crippen LogP contribution in [0.25, 0.3) is 0 Å². The van der Waals surface area contributed by atoms with Crippen molar-refractivity contribution in [1.82, 2.24) is 15.2 Å². The van der Waals surface area contributed by atoms with Gasteiger partial charge in [-0.25, -0.2) is 4.39 Å². The molecule has 0 aliphatic rings. The number of aliphatic imine (C=N–C) groups is 1. The summed E-state index contributed by atoms with van der Waals surface area (Å²) in [7, 11) is 1.73. The van der Waals surface area contributed by atoms with Crippen LogP contribution in [0.5, 0.6) is 5.75 Å². The number of guanidine groups is 1. The molecule has 23 heavy (non-hydrogen) atoms. The normalized spacial score (nSPS) is 12.7. The average Bonchev–Trinajstić information content (AvgIpc) is 3.06. The molecule has 2 rings (SSSR count). The average molecular weight is 318 g/mol. The number of rotatable bonds is 7. The molecule has 0 amide bonds. The molecule has 6 heteroatoms. The van der Waals surface area contributed by atoms with E-state index < -0.39 is 0 Å². The van der Waals surface area contributed by atoms with Gasteiger partial charge in [-0.05, 0) is 43.3 Å². The van der Waals surface area contributed by atoms with Crippen LogP contribution in [-0.2, 0) is 6.54 Å². The zero-order valence-corrected chi connectivity index (χ0v) is 13.5. The van der Waals surface area contributed by atoms with Crippen molar-refractivity contribution in [3.63, 3.8) is 0 Å². The van der Waals surface area contributed by atoms with E-state index in [0.717, 1.165) is 19.0 Å². The van der Waals surface area contributed by atoms with Crippen LogP contribution in [-0.4, -0.2) is 36.8 Å². The minimum Gasteiger partial charge on any atom is -0.489 e. The second-order valence-electron chi connectivity index (χ2n) is 5.18. The number of halogens is 1. The smallest absolute Gasteiger partial charge is 0.191 e. The van der Waals surface area contributed by atoms with E-state index in [0.29, 0.717) is 12.3 Å². The van der Waals surface area contributed by atoms with E-state index in [1.54, 1.807) is 19.2 Å². The Morgan fingerprint density at radius 3 is 2.57 bits per heavy atom. The van der Waals surface area contributed by atoms with Crippen LogP contribution in [0.4, 0.5) is 4.39 Å². The van der Waals surface area contributed by atoms with Gasteiger partial charge < -0.3 is 19.9 Å². The fraction of sp³-hybridized carbons (Fsp3) is 0.353. The van der Waals surface area contributed by atoms with Gasteiger partial charge in [-0.2, -0.15) is 0 Å². The van der Waals surface area contributed by atoms with Gasteiger partial charge in [-0.1, -0.05) is 0 Å². The van der Waals surface area contributed by atoms with E-state index in [4.69, 9.17) is 4.74 Å². The van der Waals surface area contributed by atoms with Crippen LogP contribution in [0.2, 0.25) is 0 Å². The third kappa shape index (κ3) is 6.02. The monoisotopic (exact) mass is 318 g/mol. The Balaban J connectivity index is 1.68. The number of hydrogen-bond donors (Lipinski definition) is 2. The number of benzene rings is 1. The minimum atomic E-state index is -0.268. The maximum absolute atomic E-state index is 12.9. The maximum Gasteiger partial charge on any atom is 0.191 e. The fourth-order valence-corrected chi connectivity index (χ4v) is 2.07. The Kier molecular flexibility index (Phi) is 6.47. The first-order valence-electron chi connectivity index (χ1n) is 7.65. The molecule has 1 unspecified atom stereocenters. The molecule has 0 bridgehead atoms. The maximum atomic E-state index is 12.9. The van der Waals surface area contributed by atoms with Gasteiger partial charge in [0.15, 0.2) is 5.96 Å². The van der Waals surface area contributed by atoms with Gasteiger partial charge in [0.2, 0.25) is 0 Å². The molecule has 2 N–H and O–H groups in total. The van der Waals surface area contributed by atoms with Crippen molar-refractivity contribution in [3.05, 3.63) is 54.6 Å². The highest BCUT2D eigenvalue weighted by Crippen LogP contribution is 2.12. The van der Waals surface area contributed by atoms with Crippen molar-refractivity contribution in [2.75, 3.05) is 20.1 Å². The molecule has 1 atom stereocenters. The van der Waals surface area contributed by atoms with Crippen molar-refractivity contribution in [1.29, 1.82) is 0 Å². The Morgan fingerprint density at radius 1 is 1.22 bits per heavy atom. The molecule has 0 fully saturated rings. The summed E-state index contributed by atoms with van der Waals surface area (Å²) in [5.41, 5.74) is 0. The van der Waals surface area contributed by atoms with E-state index in [9.17, 15) is 4.39 Å². The van der Waals surface area contributed by atoms with Gasteiger partial charge >= 0.3 is 0 Å². The summed E-state index contributed by atoms with van der Waals surface area (Å²) in [5.74, 6) is 1.11. The van der Waals surface area contributed by atoms with Crippen molar-refractivity contribution in [2.24, 2.45) is 4.99 Å². The Morgan fingerprint density at radius 2 is 1.91 bits per heavy atom. The van der Waals surface area contributed by atoms with Crippen molar-refractivity contribution in [3.8, 4) is 5.75 Å². The van der Waals surface area contributed by atoms with Crippen LogP contribution in [0, 0.1) is 5.82 Å². The van der Waals surface area contributed by atoms with Gasteiger partial charge in [0.05, 0.1) is 6.54 Å². The number of hydrogen-bond acceptors (Lipinski definition) is 2. The van der Waals surface area contributed by atoms with Crippen LogP contribution in [0.3, 0.4) is 0 Å². The molecule has 0 saturated heterocycles. The molecule has 0 aliphatic heterocycles. The Labute approximate surface area is 136 Å². The zero-order valence-electron chi connectivity index (χ0n) is 13.5. The lowest BCUT2D eigenvalue weighted by Gasteiger charge is -2.18. The molecule has 2 aromatic rings. The first-order chi connectivity index (χ1) is 11.2. The first kappa shape index (κ1) is 16.9. The molecular formula is C17H23FN4O. The topological polar surface area (TPSA) is 50.6 Å². The second kappa shape index (κ2) is 8.82. The number of nitrogens with one attached hydrogen (secondary N) is 2. The minimum absolute atomic E-state index is 0.0662. The molecule has 0 aliphatic carbocycles. The van der Waals surface area contributed by atoms with E-state index in [-0.39, 0.29) is 11.9 Å². The molecule has 5 nitrogen and oxygen atoms in total. The van der Waals surface area contributed by atoms with Crippen LogP contribution in [0.1, 0.15) is 6.92 Å². The van der Waals surface area contributed by atoms with Crippen molar-refractivity contribution in [2.45, 2.75) is 19.6 Å². The Bertz CT molecular complexity index is 596. The van der Waals surface area contributed by atoms with Crippen molar-refractivity contribution < 1.29 is 9.13 Å². The summed E-state index contributed by atoms with van der Waals surface area (Å²) in [5, 5.41) is 6.46. The van der Waals surface area contributed by atoms with Crippen LogP contribution < -0.4 is 15.4 Å². The van der Waals surface area contributed by atoms with Gasteiger partial charge in [-0.15, -0.1) is 0 Å². The van der Waals surface area contributed by atoms with Crippen LogP contribution >= 0.6 is 0 Å². The van der Waals surface area contributed by atoms with Gasteiger partial charge in [0.25, 0.3) is 0 Å². The number of nitrogens with zero attached hydrogens (tertiary/aromatic N) is 2. The van der Waals surface area contributed by atoms with E-state index in [1.165, 1.54) is 12.1 Å². The van der Waals surface area contributed by atoms with Crippen molar-refractivity contribution >= 4 is 5.96 Å². The molecule has 1 heterocycles. The summed E-state index contributed by atoms with van der Waals surface area (Å²) in [6, 6.07) is 10.0. The van der Waals surface area contributed by atoms with Gasteiger partial charge in [0.1, 0.15) is 17.7 Å². The molecule has 1 aromatic carbocycles. The van der Waals surface area contributed by atoms with Crippen LogP contribution in [0.15, 0.2) is 53.8 Å². The lowest BCUT2D eigenvalue weighted by Crippen LogP contribution is -2.42. The highest BCUT2D eigenvalue weighted by Gasteiger charge is 2.05. The standard InChI is InChI=1S/C17H23FN4O/c1-14(23-16-7-5-15(18)6-8-16)13-21-17(19-2)20-9-12-22-10-3-4-11-22/h3-8,10-11,14H,9,12-13H2,1-2H3,(H2,19,20,21). The summed E-state index contributed by atoms with van der Waals surface area (Å²) < 4.78 is 20.7. The van der Waals surface area contributed by atoms with E-state index >= 15 is 0 Å². The molecule has 0 saturated carbocycles. The van der Waals surface area contributed by atoms with E-state index in [2.05, 4.69) is 20.2 Å². The SMILES string of the molecule is CN=C(NCCn1cccc1)NCC(C)Oc1ccc(F)cc1. The molecular weight excluding hydrogens is 295 g/mol. The lowest BCUT2D eigenvalue weighted by atomic mass is 10.3. The first-order valence-corrected chi connectivity index (χ1v) is 7.65. The third-order valence-corrected chi connectivity index (χ3v) is 3.26. The summed E-state index contributed by atoms with van der Waals surface area (Å²) >= 11 is 0. The fourth-order valence-electron chi connectivity index (χ4n) is 2.07. The number of ether oxygens (including phenoxy) is 1. The predicted octanol–water partition coefficient (Wildman–Crippen LogP) is 2.26. The highest BCUT2D eigenvalue weighted by atomic mass is 19.1. The molecule has 0 radical (unpaired) electrons. The molecule has 124 valence electrons. The summed E-state index contributed by atoms with van der Waals surface area (Å²) in [6.07, 6.45) is 3.98. The van der Waals surface area contributed by atoms with E-state index in [1.807, 2.05) is 31.5 Å². The van der Waals surface area contributed by atoms with Gasteiger partial charge in [0, 0.05) is 32.5 Å². The Hall–Kier alpha value is -2.50. The molecule has 0 spiro atoms. The quantitative estimate of drug-likeness (QED) is 0.608. The lowest BCUT2D eigenvalue weighted by molar-refractivity contribution is 0.223. The summed E-state index contributed by atoms with van der Waals surface area (Å²) in [4.78, 5) is 4.18.